The first-order chi connectivity index (χ1) is 18.1. The average Bonchev–Trinajstić information content (AvgIpc) is 3.46. The Morgan fingerprint density at radius 1 is 1.13 bits per heavy atom. The van der Waals surface area contributed by atoms with Crippen LogP contribution < -0.4 is 9.46 Å². The number of rotatable bonds is 7. The van der Waals surface area contributed by atoms with Gasteiger partial charge in [0.15, 0.2) is 18.2 Å². The van der Waals surface area contributed by atoms with E-state index in [4.69, 9.17) is 9.72 Å². The van der Waals surface area contributed by atoms with Gasteiger partial charge in [-0.1, -0.05) is 19.1 Å². The molecule has 3 aromatic rings. The third-order valence-electron chi connectivity index (χ3n) is 6.93. The Labute approximate surface area is 219 Å². The molecule has 0 saturated carbocycles. The fraction of sp³-hybridized carbons (Fsp3) is 0.423. The molecule has 0 aliphatic carbocycles. The summed E-state index contributed by atoms with van der Waals surface area (Å²) < 4.78 is 63.2. The lowest BCUT2D eigenvalue weighted by Crippen LogP contribution is -2.44. The first-order valence-electron chi connectivity index (χ1n) is 12.5. The number of aromatic nitrogens is 3. The predicted molar refractivity (Wildman–Crippen MR) is 136 cm³/mol. The molecule has 1 unspecified atom stereocenters. The minimum absolute atomic E-state index is 0.0871. The minimum Gasteiger partial charge on any atom is -0.482 e. The number of aryl methyl sites for hydroxylation is 3. The van der Waals surface area contributed by atoms with E-state index in [1.165, 1.54) is 30.0 Å². The third-order valence-corrected chi connectivity index (χ3v) is 7.51. The average molecular weight is 546 g/mol. The van der Waals surface area contributed by atoms with Crippen LogP contribution in [0.5, 0.6) is 5.75 Å². The van der Waals surface area contributed by atoms with Crippen molar-refractivity contribution in [1.82, 2.24) is 19.4 Å². The molecule has 2 aromatic heterocycles. The first kappa shape index (κ1) is 26.1. The smallest absolute Gasteiger partial charge is 0.261 e. The fourth-order valence-corrected chi connectivity index (χ4v) is 5.69. The molecule has 4 heterocycles. The van der Waals surface area contributed by atoms with E-state index in [1.54, 1.807) is 6.07 Å². The number of sulfonamides is 1. The number of anilines is 1. The van der Waals surface area contributed by atoms with E-state index < -0.39 is 33.6 Å². The summed E-state index contributed by atoms with van der Waals surface area (Å²) in [7, 11) is -3.50. The number of imidazole rings is 1. The lowest BCUT2D eigenvalue weighted by Gasteiger charge is -2.36. The van der Waals surface area contributed by atoms with Gasteiger partial charge in [-0.3, -0.25) is 9.52 Å². The SMILES string of the molecule is CCc1nc(NS(C)(=O)=O)ccc1OCC(=O)N1CCc2nc3n(c2C1c1ccc(C)c(F)c1F)CCC3. The Bertz CT molecular complexity index is 1520. The molecule has 9 nitrogen and oxygen atoms in total. The Morgan fingerprint density at radius 3 is 2.66 bits per heavy atom. The zero-order valence-corrected chi connectivity index (χ0v) is 22.2. The molecule has 0 saturated heterocycles. The Kier molecular flexibility index (Phi) is 6.84. The number of nitrogens with one attached hydrogen (secondary N) is 1. The van der Waals surface area contributed by atoms with Crippen molar-refractivity contribution in [2.75, 3.05) is 24.1 Å². The molecule has 1 amide bonds. The highest BCUT2D eigenvalue weighted by molar-refractivity contribution is 7.92. The van der Waals surface area contributed by atoms with Crippen molar-refractivity contribution in [1.29, 1.82) is 0 Å². The standard InChI is InChI=1S/C26H29F2N5O4S/c1-4-17-19(9-10-20(29-17)31-38(3,35)36)37-14-22(34)33-13-11-18-26(32-12-5-6-21(32)30-18)25(33)16-8-7-15(2)23(27)24(16)28/h7-10,25H,4-6,11-14H2,1-3H3,(H,29,31). The zero-order valence-electron chi connectivity index (χ0n) is 21.4. The molecule has 1 atom stereocenters. The number of halogens is 2. The highest BCUT2D eigenvalue weighted by atomic mass is 32.2. The molecule has 2 aliphatic rings. The van der Waals surface area contributed by atoms with Gasteiger partial charge in [-0.2, -0.15) is 0 Å². The molecular formula is C26H29F2N5O4S. The molecule has 12 heteroatoms. The maximum absolute atomic E-state index is 15.3. The van der Waals surface area contributed by atoms with Crippen LogP contribution >= 0.6 is 0 Å². The zero-order chi connectivity index (χ0) is 27.2. The number of hydrogen-bond donors (Lipinski definition) is 1. The number of carbonyl (C=O) groups excluding carboxylic acids is 1. The summed E-state index contributed by atoms with van der Waals surface area (Å²) in [5.74, 6) is -0.900. The molecular weight excluding hydrogens is 516 g/mol. The van der Waals surface area contributed by atoms with Crippen LogP contribution in [0.25, 0.3) is 0 Å². The number of amides is 1. The Morgan fingerprint density at radius 2 is 1.92 bits per heavy atom. The molecule has 1 aromatic carbocycles. The van der Waals surface area contributed by atoms with Gasteiger partial charge in [0.05, 0.1) is 23.3 Å². The van der Waals surface area contributed by atoms with Crippen molar-refractivity contribution in [2.24, 2.45) is 0 Å². The number of benzene rings is 1. The van der Waals surface area contributed by atoms with Crippen molar-refractivity contribution in [2.45, 2.75) is 52.1 Å². The monoisotopic (exact) mass is 545 g/mol. The Balaban J connectivity index is 1.45. The van der Waals surface area contributed by atoms with Crippen LogP contribution in [0.2, 0.25) is 0 Å². The summed E-state index contributed by atoms with van der Waals surface area (Å²) in [6, 6.07) is 5.23. The molecule has 0 radical (unpaired) electrons. The fourth-order valence-electron chi connectivity index (χ4n) is 5.19. The van der Waals surface area contributed by atoms with Crippen molar-refractivity contribution >= 4 is 21.7 Å². The van der Waals surface area contributed by atoms with Gasteiger partial charge in [0.25, 0.3) is 5.91 Å². The van der Waals surface area contributed by atoms with Crippen LogP contribution in [0.3, 0.4) is 0 Å². The third kappa shape index (κ3) is 4.84. The van der Waals surface area contributed by atoms with Crippen molar-refractivity contribution in [3.63, 3.8) is 0 Å². The lowest BCUT2D eigenvalue weighted by atomic mass is 9.93. The molecule has 0 bridgehead atoms. The van der Waals surface area contributed by atoms with E-state index in [2.05, 4.69) is 9.71 Å². The van der Waals surface area contributed by atoms with E-state index in [1.807, 2.05) is 11.5 Å². The number of fused-ring (bicyclic) bond motifs is 3. The number of nitrogens with zero attached hydrogens (tertiary/aromatic N) is 4. The van der Waals surface area contributed by atoms with E-state index >= 15 is 4.39 Å². The highest BCUT2D eigenvalue weighted by Crippen LogP contribution is 2.39. The van der Waals surface area contributed by atoms with E-state index in [-0.39, 0.29) is 30.1 Å². The van der Waals surface area contributed by atoms with Gasteiger partial charge in [0.1, 0.15) is 23.4 Å². The second kappa shape index (κ2) is 9.97. The van der Waals surface area contributed by atoms with E-state index in [0.717, 1.165) is 36.3 Å². The lowest BCUT2D eigenvalue weighted by molar-refractivity contribution is -0.135. The molecule has 2 aliphatic heterocycles. The van der Waals surface area contributed by atoms with Gasteiger partial charge >= 0.3 is 0 Å². The van der Waals surface area contributed by atoms with Gasteiger partial charge in [0.2, 0.25) is 10.0 Å². The van der Waals surface area contributed by atoms with Crippen LogP contribution in [0.15, 0.2) is 24.3 Å². The summed E-state index contributed by atoms with van der Waals surface area (Å²) in [5.41, 5.74) is 2.29. The van der Waals surface area contributed by atoms with Crippen LogP contribution in [-0.4, -0.2) is 53.2 Å². The number of hydrogen-bond acceptors (Lipinski definition) is 6. The highest BCUT2D eigenvalue weighted by Gasteiger charge is 2.39. The topological polar surface area (TPSA) is 106 Å². The number of carbonyl (C=O) groups is 1. The maximum Gasteiger partial charge on any atom is 0.261 e. The number of pyridine rings is 1. The molecule has 0 spiro atoms. The van der Waals surface area contributed by atoms with Gasteiger partial charge in [-0.25, -0.2) is 27.2 Å². The molecule has 38 heavy (non-hydrogen) atoms. The summed E-state index contributed by atoms with van der Waals surface area (Å²) in [5, 5.41) is 0. The maximum atomic E-state index is 15.3. The minimum atomic E-state index is -3.50. The number of ether oxygens (including phenoxy) is 1. The molecule has 5 rings (SSSR count). The second-order valence-electron chi connectivity index (χ2n) is 9.61. The molecule has 0 fully saturated rings. The summed E-state index contributed by atoms with van der Waals surface area (Å²) in [6.45, 7) is 3.97. The van der Waals surface area contributed by atoms with Crippen LogP contribution in [0, 0.1) is 18.6 Å². The van der Waals surface area contributed by atoms with Gasteiger partial charge in [-0.15, -0.1) is 0 Å². The van der Waals surface area contributed by atoms with Crippen molar-refractivity contribution in [3.05, 3.63) is 69.9 Å². The summed E-state index contributed by atoms with van der Waals surface area (Å²) in [6.07, 6.45) is 3.68. The van der Waals surface area contributed by atoms with Crippen molar-refractivity contribution < 1.29 is 26.7 Å². The largest absolute Gasteiger partial charge is 0.482 e. The second-order valence-corrected chi connectivity index (χ2v) is 11.4. The molecule has 202 valence electrons. The quantitative estimate of drug-likeness (QED) is 0.489. The normalized spacial score (nSPS) is 16.8. The summed E-state index contributed by atoms with van der Waals surface area (Å²) >= 11 is 0. The predicted octanol–water partition coefficient (Wildman–Crippen LogP) is 3.30. The van der Waals surface area contributed by atoms with Gasteiger partial charge in [0, 0.05) is 31.5 Å². The first-order valence-corrected chi connectivity index (χ1v) is 14.4. The van der Waals surface area contributed by atoms with Crippen molar-refractivity contribution in [3.8, 4) is 5.75 Å². The van der Waals surface area contributed by atoms with Gasteiger partial charge in [-0.05, 0) is 37.5 Å². The van der Waals surface area contributed by atoms with Crippen LogP contribution in [-0.2, 0) is 40.6 Å². The van der Waals surface area contributed by atoms with E-state index in [0.29, 0.717) is 30.8 Å². The summed E-state index contributed by atoms with van der Waals surface area (Å²) in [4.78, 5) is 24.1. The van der Waals surface area contributed by atoms with Crippen LogP contribution in [0.1, 0.15) is 53.4 Å². The molecule has 1 N–H and O–H groups in total. The van der Waals surface area contributed by atoms with Crippen LogP contribution in [0.4, 0.5) is 14.6 Å². The van der Waals surface area contributed by atoms with E-state index in [9.17, 15) is 17.6 Å². The van der Waals surface area contributed by atoms with Gasteiger partial charge < -0.3 is 14.2 Å². The Hall–Kier alpha value is -3.54.